The molecule has 0 aliphatic carbocycles. The number of hydrogen-bond donors (Lipinski definition) is 3. The van der Waals surface area contributed by atoms with Crippen LogP contribution in [0.25, 0.3) is 0 Å². The number of carbonyl (C=O) groups excluding carboxylic acids is 3. The number of hydrogen-bond acceptors (Lipinski definition) is 7. The molecule has 9 nitrogen and oxygen atoms in total. The summed E-state index contributed by atoms with van der Waals surface area (Å²) in [5.74, 6) is -1.34. The van der Waals surface area contributed by atoms with Crippen LogP contribution < -0.4 is 16.4 Å². The van der Waals surface area contributed by atoms with Crippen molar-refractivity contribution in [1.82, 2.24) is 15.8 Å². The maximum atomic E-state index is 12.1. The van der Waals surface area contributed by atoms with Gasteiger partial charge in [-0.1, -0.05) is 5.16 Å². The molecule has 0 saturated heterocycles. The number of carbonyl (C=O) groups is 3. The molecule has 2 amide bonds. The Hall–Kier alpha value is -2.42. The highest BCUT2D eigenvalue weighted by atomic mass is 16.5. The number of nitrogens with zero attached hydrogens (tertiary/aromatic N) is 1. The Balaban J connectivity index is 2.79. The lowest BCUT2D eigenvalue weighted by atomic mass is 10.1. The van der Waals surface area contributed by atoms with Crippen LogP contribution in [0.4, 0.5) is 0 Å². The Labute approximate surface area is 121 Å². The molecule has 1 unspecified atom stereocenters. The fourth-order valence-corrected chi connectivity index (χ4v) is 1.66. The van der Waals surface area contributed by atoms with Gasteiger partial charge in [0.15, 0.2) is 0 Å². The summed E-state index contributed by atoms with van der Waals surface area (Å²) >= 11 is 0. The van der Waals surface area contributed by atoms with Gasteiger partial charge in [-0.15, -0.1) is 0 Å². The van der Waals surface area contributed by atoms with E-state index in [2.05, 4.69) is 20.5 Å². The van der Waals surface area contributed by atoms with Gasteiger partial charge in [-0.25, -0.2) is 4.79 Å². The second kappa shape index (κ2) is 7.39. The molecule has 1 rings (SSSR count). The number of rotatable bonds is 6. The van der Waals surface area contributed by atoms with Crippen LogP contribution in [-0.2, 0) is 14.3 Å². The van der Waals surface area contributed by atoms with Crippen LogP contribution in [0.2, 0.25) is 0 Å². The zero-order chi connectivity index (χ0) is 16.0. The van der Waals surface area contributed by atoms with Gasteiger partial charge in [-0.3, -0.25) is 9.59 Å². The normalized spacial score (nSPS) is 11.6. The number of aryl methyl sites for hydroxylation is 2. The van der Waals surface area contributed by atoms with Crippen molar-refractivity contribution in [3.63, 3.8) is 0 Å². The van der Waals surface area contributed by atoms with E-state index in [0.717, 1.165) is 0 Å². The Bertz CT molecular complexity index is 520. The molecule has 0 fully saturated rings. The van der Waals surface area contributed by atoms with Gasteiger partial charge in [-0.2, -0.15) is 0 Å². The van der Waals surface area contributed by atoms with E-state index in [1.165, 1.54) is 7.11 Å². The van der Waals surface area contributed by atoms with Crippen molar-refractivity contribution in [3.05, 3.63) is 17.0 Å². The van der Waals surface area contributed by atoms with Crippen molar-refractivity contribution in [2.45, 2.75) is 19.9 Å². The molecule has 0 bridgehead atoms. The predicted molar refractivity (Wildman–Crippen MR) is 71.3 cm³/mol. The van der Waals surface area contributed by atoms with Gasteiger partial charge in [0.1, 0.15) is 17.4 Å². The van der Waals surface area contributed by atoms with Crippen molar-refractivity contribution >= 4 is 17.8 Å². The molecule has 1 heterocycles. The van der Waals surface area contributed by atoms with Gasteiger partial charge in [-0.05, 0) is 13.8 Å². The number of methoxy groups -OCH3 is 1. The first-order valence-corrected chi connectivity index (χ1v) is 6.19. The first-order chi connectivity index (χ1) is 9.90. The quantitative estimate of drug-likeness (QED) is 0.551. The Morgan fingerprint density at radius 3 is 2.52 bits per heavy atom. The molecule has 4 N–H and O–H groups in total. The summed E-state index contributed by atoms with van der Waals surface area (Å²) in [6.07, 6.45) is 0. The first kappa shape index (κ1) is 16.6. The zero-order valence-electron chi connectivity index (χ0n) is 12.1. The summed E-state index contributed by atoms with van der Waals surface area (Å²) in [4.78, 5) is 34.9. The van der Waals surface area contributed by atoms with Gasteiger partial charge < -0.3 is 25.6 Å². The van der Waals surface area contributed by atoms with Crippen molar-refractivity contribution in [1.29, 1.82) is 0 Å². The van der Waals surface area contributed by atoms with Gasteiger partial charge in [0.25, 0.3) is 5.91 Å². The zero-order valence-corrected chi connectivity index (χ0v) is 12.1. The van der Waals surface area contributed by atoms with Crippen LogP contribution in [0, 0.1) is 13.8 Å². The van der Waals surface area contributed by atoms with Crippen LogP contribution >= 0.6 is 0 Å². The minimum absolute atomic E-state index is 0.127. The maximum Gasteiger partial charge on any atom is 0.330 e. The number of nitrogens with two attached hydrogens (primary N) is 1. The van der Waals surface area contributed by atoms with Gasteiger partial charge in [0.05, 0.1) is 19.3 Å². The number of esters is 1. The van der Waals surface area contributed by atoms with E-state index in [9.17, 15) is 14.4 Å². The minimum atomic E-state index is -1.04. The largest absolute Gasteiger partial charge is 0.467 e. The molecule has 1 atom stereocenters. The van der Waals surface area contributed by atoms with Crippen molar-refractivity contribution in [2.24, 2.45) is 5.73 Å². The third-order valence-corrected chi connectivity index (χ3v) is 2.74. The molecule has 0 saturated carbocycles. The third kappa shape index (κ3) is 4.28. The molecule has 0 aromatic carbocycles. The van der Waals surface area contributed by atoms with E-state index in [4.69, 9.17) is 10.3 Å². The summed E-state index contributed by atoms with van der Waals surface area (Å²) < 4.78 is 9.47. The second-order valence-corrected chi connectivity index (χ2v) is 4.26. The van der Waals surface area contributed by atoms with Gasteiger partial charge >= 0.3 is 5.97 Å². The van der Waals surface area contributed by atoms with Crippen molar-refractivity contribution < 1.29 is 23.6 Å². The van der Waals surface area contributed by atoms with Crippen LogP contribution in [-0.4, -0.2) is 49.2 Å². The Morgan fingerprint density at radius 2 is 2.05 bits per heavy atom. The molecule has 9 heteroatoms. The fourth-order valence-electron chi connectivity index (χ4n) is 1.66. The van der Waals surface area contributed by atoms with E-state index in [0.29, 0.717) is 11.5 Å². The lowest BCUT2D eigenvalue weighted by Gasteiger charge is -2.16. The molecule has 116 valence electrons. The minimum Gasteiger partial charge on any atom is -0.467 e. The molecule has 0 spiro atoms. The van der Waals surface area contributed by atoms with Crippen LogP contribution in [0.5, 0.6) is 0 Å². The average molecular weight is 298 g/mol. The van der Waals surface area contributed by atoms with E-state index < -0.39 is 23.8 Å². The van der Waals surface area contributed by atoms with E-state index in [1.807, 2.05) is 0 Å². The number of aromatic nitrogens is 1. The summed E-state index contributed by atoms with van der Waals surface area (Å²) in [6.45, 7) is 2.84. The maximum absolute atomic E-state index is 12.1. The SMILES string of the molecule is COC(=O)C(CNC(=O)CN)NC(=O)c1c(C)noc1C. The summed E-state index contributed by atoms with van der Waals surface area (Å²) in [5.41, 5.74) is 5.80. The average Bonchev–Trinajstić information content (AvgIpc) is 2.81. The molecule has 1 aromatic heterocycles. The van der Waals surface area contributed by atoms with Crippen LogP contribution in [0.3, 0.4) is 0 Å². The predicted octanol–water partition coefficient (Wildman–Crippen LogP) is -1.36. The van der Waals surface area contributed by atoms with E-state index >= 15 is 0 Å². The van der Waals surface area contributed by atoms with Gasteiger partial charge in [0, 0.05) is 6.54 Å². The van der Waals surface area contributed by atoms with Crippen LogP contribution in [0.1, 0.15) is 21.8 Å². The lowest BCUT2D eigenvalue weighted by Crippen LogP contribution is -2.49. The number of amides is 2. The molecule has 0 aliphatic rings. The molecular formula is C12H18N4O5. The van der Waals surface area contributed by atoms with Crippen molar-refractivity contribution in [2.75, 3.05) is 20.2 Å². The van der Waals surface area contributed by atoms with E-state index in [1.54, 1.807) is 13.8 Å². The van der Waals surface area contributed by atoms with Gasteiger partial charge in [0.2, 0.25) is 5.91 Å². The highest BCUT2D eigenvalue weighted by Crippen LogP contribution is 2.12. The highest BCUT2D eigenvalue weighted by molar-refractivity contribution is 5.98. The van der Waals surface area contributed by atoms with Crippen molar-refractivity contribution in [3.8, 4) is 0 Å². The monoisotopic (exact) mass is 298 g/mol. The molecule has 21 heavy (non-hydrogen) atoms. The molecule has 1 aromatic rings. The summed E-state index contributed by atoms with van der Waals surface area (Å²) in [6, 6.07) is -1.04. The van der Waals surface area contributed by atoms with E-state index in [-0.39, 0.29) is 18.7 Å². The smallest absolute Gasteiger partial charge is 0.330 e. The first-order valence-electron chi connectivity index (χ1n) is 6.19. The Morgan fingerprint density at radius 1 is 1.38 bits per heavy atom. The molecular weight excluding hydrogens is 280 g/mol. The number of nitrogens with one attached hydrogen (secondary N) is 2. The third-order valence-electron chi connectivity index (χ3n) is 2.74. The second-order valence-electron chi connectivity index (χ2n) is 4.26. The summed E-state index contributed by atoms with van der Waals surface area (Å²) in [7, 11) is 1.18. The topological polar surface area (TPSA) is 137 Å². The Kier molecular flexibility index (Phi) is 5.85. The molecule has 0 radical (unpaired) electrons. The van der Waals surface area contributed by atoms with Crippen LogP contribution in [0.15, 0.2) is 4.52 Å². The standard InChI is InChI=1S/C12H18N4O5/c1-6-10(7(2)21-16-6)11(18)15-8(12(19)20-3)5-14-9(17)4-13/h8H,4-5,13H2,1-3H3,(H,14,17)(H,15,18). The fraction of sp³-hybridized carbons (Fsp3) is 0.500. The molecule has 0 aliphatic heterocycles. The summed E-state index contributed by atoms with van der Waals surface area (Å²) in [5, 5.41) is 8.53. The highest BCUT2D eigenvalue weighted by Gasteiger charge is 2.25. The number of ether oxygens (including phenoxy) is 1. The lowest BCUT2D eigenvalue weighted by molar-refractivity contribution is -0.142.